The zero-order chi connectivity index (χ0) is 25.4. The van der Waals surface area contributed by atoms with E-state index in [9.17, 15) is 9.59 Å². The number of aryl methyl sites for hydroxylation is 1. The average Bonchev–Trinajstić information content (AvgIpc) is 3.14. The fourth-order valence-corrected chi connectivity index (χ4v) is 5.05. The van der Waals surface area contributed by atoms with Crippen LogP contribution in [0.15, 0.2) is 70.5 Å². The lowest BCUT2D eigenvalue weighted by atomic mass is 9.82. The van der Waals surface area contributed by atoms with Crippen LogP contribution in [0, 0.1) is 0 Å². The number of amides is 1. The van der Waals surface area contributed by atoms with Gasteiger partial charge in [0.1, 0.15) is 6.04 Å². The highest BCUT2D eigenvalue weighted by molar-refractivity contribution is 6.32. The van der Waals surface area contributed by atoms with Gasteiger partial charge in [-0.1, -0.05) is 62.7 Å². The number of hydrogen-bond acceptors (Lipinski definition) is 3. The van der Waals surface area contributed by atoms with Crippen LogP contribution in [0.1, 0.15) is 55.9 Å². The molecule has 36 heavy (non-hydrogen) atoms. The Hall–Kier alpha value is -3.64. The molecule has 0 radical (unpaired) electrons. The van der Waals surface area contributed by atoms with Crippen molar-refractivity contribution in [1.82, 2.24) is 9.97 Å². The maximum Gasteiger partial charge on any atom is 0.323 e. The average molecular weight is 501 g/mol. The molecular formula is C29H29ClN4O2. The number of fused-ring (bicyclic) bond motifs is 2. The number of hydrogen-bond donors (Lipinski definition) is 3. The van der Waals surface area contributed by atoms with E-state index in [0.29, 0.717) is 33.9 Å². The molecule has 7 heteroatoms. The van der Waals surface area contributed by atoms with Gasteiger partial charge in [0, 0.05) is 16.1 Å². The molecule has 6 nitrogen and oxygen atoms in total. The number of aromatic amines is 2. The lowest BCUT2D eigenvalue weighted by Gasteiger charge is -2.23. The molecular weight excluding hydrogens is 472 g/mol. The second-order valence-corrected chi connectivity index (χ2v) is 10.7. The van der Waals surface area contributed by atoms with Gasteiger partial charge in [-0.05, 0) is 66.1 Å². The first-order chi connectivity index (χ1) is 17.2. The standard InChI is InChI=1S/C29H29ClN4O2/c1-29(2,3)21-9-5-4-7-17(21)8-6-10-24-27(35)32-22-14-12-19(30)16-20(22)26(31-24)18-11-13-23-25(15-18)34-28(36)33-23/h4-5,7,9,11-16,24H,6,8,10H2,1-3H3,(H,32,35)(H2,33,34,36). The molecule has 1 aliphatic rings. The Balaban J connectivity index is 1.48. The zero-order valence-electron chi connectivity index (χ0n) is 20.6. The van der Waals surface area contributed by atoms with Gasteiger partial charge in [-0.3, -0.25) is 9.79 Å². The fraction of sp³-hybridized carbons (Fsp3) is 0.276. The molecule has 3 aromatic carbocycles. The van der Waals surface area contributed by atoms with Crippen molar-refractivity contribution in [1.29, 1.82) is 0 Å². The fourth-order valence-electron chi connectivity index (χ4n) is 4.88. The molecule has 0 saturated carbocycles. The number of H-pyrrole nitrogens is 2. The summed E-state index contributed by atoms with van der Waals surface area (Å²) in [5, 5.41) is 3.61. The second-order valence-electron chi connectivity index (χ2n) is 10.3. The number of halogens is 1. The van der Waals surface area contributed by atoms with Gasteiger partial charge in [-0.15, -0.1) is 0 Å². The maximum absolute atomic E-state index is 13.2. The number of nitrogens with zero attached hydrogens (tertiary/aromatic N) is 1. The molecule has 1 amide bonds. The number of aromatic nitrogens is 2. The molecule has 0 aliphatic carbocycles. The van der Waals surface area contributed by atoms with E-state index in [1.807, 2.05) is 30.3 Å². The van der Waals surface area contributed by atoms with Gasteiger partial charge >= 0.3 is 5.69 Å². The molecule has 184 valence electrons. The third-order valence-corrected chi connectivity index (χ3v) is 6.86. The summed E-state index contributed by atoms with van der Waals surface area (Å²) in [6.45, 7) is 6.66. The van der Waals surface area contributed by atoms with E-state index in [-0.39, 0.29) is 17.0 Å². The van der Waals surface area contributed by atoms with E-state index in [1.165, 1.54) is 11.1 Å². The van der Waals surface area contributed by atoms with Crippen molar-refractivity contribution in [2.45, 2.75) is 51.5 Å². The van der Waals surface area contributed by atoms with E-state index >= 15 is 0 Å². The monoisotopic (exact) mass is 500 g/mol. The van der Waals surface area contributed by atoms with Crippen LogP contribution >= 0.6 is 11.6 Å². The first-order valence-electron chi connectivity index (χ1n) is 12.2. The Labute approximate surface area is 214 Å². The van der Waals surface area contributed by atoms with Crippen molar-refractivity contribution >= 4 is 39.9 Å². The molecule has 1 aromatic heterocycles. The number of carbonyl (C=O) groups excluding carboxylic acids is 1. The lowest BCUT2D eigenvalue weighted by molar-refractivity contribution is -0.117. The number of nitrogens with one attached hydrogen (secondary N) is 3. The van der Waals surface area contributed by atoms with E-state index in [0.717, 1.165) is 24.0 Å². The van der Waals surface area contributed by atoms with E-state index in [4.69, 9.17) is 16.6 Å². The summed E-state index contributed by atoms with van der Waals surface area (Å²) in [4.78, 5) is 35.5. The van der Waals surface area contributed by atoms with Crippen molar-refractivity contribution in [3.8, 4) is 0 Å². The Kier molecular flexibility index (Phi) is 6.31. The van der Waals surface area contributed by atoms with Gasteiger partial charge < -0.3 is 15.3 Å². The maximum atomic E-state index is 13.2. The molecule has 0 saturated heterocycles. The minimum absolute atomic E-state index is 0.0559. The molecule has 1 atom stereocenters. The number of benzodiazepines with no additional fused rings is 1. The number of imidazole rings is 1. The quantitative estimate of drug-likeness (QED) is 0.314. The normalized spacial score (nSPS) is 15.8. The van der Waals surface area contributed by atoms with Crippen LogP contribution in [0.3, 0.4) is 0 Å². The summed E-state index contributed by atoms with van der Waals surface area (Å²) < 4.78 is 0. The highest BCUT2D eigenvalue weighted by Gasteiger charge is 2.26. The summed E-state index contributed by atoms with van der Waals surface area (Å²) in [6.07, 6.45) is 2.30. The van der Waals surface area contributed by atoms with Crippen molar-refractivity contribution < 1.29 is 4.79 Å². The molecule has 3 N–H and O–H groups in total. The molecule has 5 rings (SSSR count). The van der Waals surface area contributed by atoms with Crippen LogP contribution in [0.2, 0.25) is 5.02 Å². The van der Waals surface area contributed by atoms with Crippen LogP contribution in [-0.4, -0.2) is 27.6 Å². The predicted octanol–water partition coefficient (Wildman–Crippen LogP) is 5.99. The molecule has 0 fully saturated rings. The Morgan fingerprint density at radius 1 is 0.944 bits per heavy atom. The van der Waals surface area contributed by atoms with Gasteiger partial charge in [-0.2, -0.15) is 0 Å². The van der Waals surface area contributed by atoms with Crippen molar-refractivity contribution in [2.24, 2.45) is 4.99 Å². The molecule has 0 bridgehead atoms. The minimum atomic E-state index is -0.547. The zero-order valence-corrected chi connectivity index (χ0v) is 21.4. The minimum Gasteiger partial charge on any atom is -0.324 e. The number of rotatable bonds is 5. The molecule has 1 unspecified atom stereocenters. The smallest absolute Gasteiger partial charge is 0.323 e. The van der Waals surface area contributed by atoms with Crippen molar-refractivity contribution in [2.75, 3.05) is 5.32 Å². The Morgan fingerprint density at radius 3 is 2.53 bits per heavy atom. The molecule has 1 aliphatic heterocycles. The van der Waals surface area contributed by atoms with Crippen molar-refractivity contribution in [3.05, 3.63) is 98.4 Å². The highest BCUT2D eigenvalue weighted by Crippen LogP contribution is 2.30. The third-order valence-electron chi connectivity index (χ3n) is 6.62. The first-order valence-corrected chi connectivity index (χ1v) is 12.6. The number of aliphatic imine (C=N–C) groups is 1. The Morgan fingerprint density at radius 2 is 1.72 bits per heavy atom. The van der Waals surface area contributed by atoms with Crippen LogP contribution in [-0.2, 0) is 16.6 Å². The topological polar surface area (TPSA) is 90.1 Å². The summed E-state index contributed by atoms with van der Waals surface area (Å²) in [7, 11) is 0. The second kappa shape index (κ2) is 9.43. The Bertz CT molecular complexity index is 1540. The largest absolute Gasteiger partial charge is 0.324 e. The summed E-state index contributed by atoms with van der Waals surface area (Å²) >= 11 is 6.34. The van der Waals surface area contributed by atoms with Crippen LogP contribution in [0.25, 0.3) is 11.0 Å². The van der Waals surface area contributed by atoms with Crippen LogP contribution in [0.4, 0.5) is 5.69 Å². The number of carbonyl (C=O) groups is 1. The number of benzene rings is 3. The lowest BCUT2D eigenvalue weighted by Crippen LogP contribution is -2.25. The van der Waals surface area contributed by atoms with E-state index in [2.05, 4.69) is 60.3 Å². The first kappa shape index (κ1) is 24.1. The van der Waals surface area contributed by atoms with Gasteiger partial charge in [0.25, 0.3) is 0 Å². The van der Waals surface area contributed by atoms with Crippen molar-refractivity contribution in [3.63, 3.8) is 0 Å². The van der Waals surface area contributed by atoms with E-state index < -0.39 is 6.04 Å². The van der Waals surface area contributed by atoms with Crippen LogP contribution < -0.4 is 11.0 Å². The third kappa shape index (κ3) is 4.86. The van der Waals surface area contributed by atoms with Crippen LogP contribution in [0.5, 0.6) is 0 Å². The summed E-state index contributed by atoms with van der Waals surface area (Å²) in [5.41, 5.74) is 6.74. The molecule has 0 spiro atoms. The SMILES string of the molecule is CC(C)(C)c1ccccc1CCCC1N=C(c2ccc3[nH]c(=O)[nH]c3c2)c2cc(Cl)ccc2NC1=O. The van der Waals surface area contributed by atoms with Gasteiger partial charge in [-0.25, -0.2) is 4.79 Å². The van der Waals surface area contributed by atoms with Gasteiger partial charge in [0.15, 0.2) is 0 Å². The number of anilines is 1. The molecule has 4 aromatic rings. The predicted molar refractivity (Wildman–Crippen MR) is 147 cm³/mol. The molecule has 2 heterocycles. The van der Waals surface area contributed by atoms with Gasteiger partial charge in [0.05, 0.1) is 22.4 Å². The summed E-state index contributed by atoms with van der Waals surface area (Å²) in [5.74, 6) is -0.131. The summed E-state index contributed by atoms with van der Waals surface area (Å²) in [6, 6.07) is 19.0. The van der Waals surface area contributed by atoms with E-state index in [1.54, 1.807) is 6.07 Å². The van der Waals surface area contributed by atoms with Gasteiger partial charge in [0.2, 0.25) is 5.91 Å². The highest BCUT2D eigenvalue weighted by atomic mass is 35.5.